The lowest BCUT2D eigenvalue weighted by molar-refractivity contribution is -0.683. The maximum Gasteiger partial charge on any atom is 0.225 e. The monoisotopic (exact) mass is 688 g/mol. The zero-order valence-corrected chi connectivity index (χ0v) is 29.9. The van der Waals surface area contributed by atoms with Gasteiger partial charge in [0.15, 0.2) is 24.2 Å². The van der Waals surface area contributed by atoms with E-state index in [0.29, 0.717) is 30.4 Å². The molecule has 0 aliphatic rings. The Morgan fingerprint density at radius 1 is 0.841 bits per heavy atom. The average molecular weight is 690 g/mol. The molecule has 0 spiro atoms. The van der Waals surface area contributed by atoms with E-state index < -0.39 is 0 Å². The van der Waals surface area contributed by atoms with Crippen LogP contribution in [0.3, 0.4) is 0 Å². The third kappa shape index (κ3) is 12.8. The first-order valence-electron chi connectivity index (χ1n) is 16.1. The quantitative estimate of drug-likeness (QED) is 0.101. The Bertz CT molecular complexity index is 1220. The number of carbonyl (C=O) groups excluding carboxylic acids is 1. The lowest BCUT2D eigenvalue weighted by Crippen LogP contribution is -3.00. The van der Waals surface area contributed by atoms with E-state index in [4.69, 9.17) is 14.2 Å². The summed E-state index contributed by atoms with van der Waals surface area (Å²) in [7, 11) is 3.29. The minimum Gasteiger partial charge on any atom is -1.00 e. The van der Waals surface area contributed by atoms with Gasteiger partial charge in [-0.15, -0.1) is 0 Å². The molecule has 0 atom stereocenters. The summed E-state index contributed by atoms with van der Waals surface area (Å²) in [5.41, 5.74) is 5.03. The maximum absolute atomic E-state index is 12.8. The molecular formula is C36H53BrN2O4S. The Hall–Kier alpha value is -2.58. The maximum atomic E-state index is 12.8. The van der Waals surface area contributed by atoms with Crippen LogP contribution in [0.25, 0.3) is 0 Å². The van der Waals surface area contributed by atoms with Gasteiger partial charge in [0, 0.05) is 18.2 Å². The largest absolute Gasteiger partial charge is 1.00 e. The Morgan fingerprint density at radius 2 is 1.43 bits per heavy atom. The molecule has 0 unspecified atom stereocenters. The second-order valence-corrected chi connectivity index (χ2v) is 12.6. The van der Waals surface area contributed by atoms with Crippen molar-refractivity contribution >= 4 is 22.9 Å². The van der Waals surface area contributed by atoms with E-state index in [1.165, 1.54) is 69.1 Å². The number of amides is 1. The molecule has 1 aromatic heterocycles. The van der Waals surface area contributed by atoms with Crippen LogP contribution in [-0.4, -0.2) is 26.7 Å². The summed E-state index contributed by atoms with van der Waals surface area (Å²) in [6.45, 7) is 7.76. The van der Waals surface area contributed by atoms with Gasteiger partial charge in [0.05, 0.1) is 32.2 Å². The molecule has 1 amide bonds. The third-order valence-corrected chi connectivity index (χ3v) is 8.65. The lowest BCUT2D eigenvalue weighted by atomic mass is 10.1. The van der Waals surface area contributed by atoms with Crippen LogP contribution in [0.5, 0.6) is 17.2 Å². The Morgan fingerprint density at radius 3 is 1.95 bits per heavy atom. The molecule has 0 aliphatic carbocycles. The number of benzene rings is 2. The van der Waals surface area contributed by atoms with Crippen molar-refractivity contribution in [3.05, 3.63) is 64.1 Å². The summed E-state index contributed by atoms with van der Waals surface area (Å²) in [6.07, 6.45) is 17.8. The number of unbranched alkanes of at least 4 members (excludes halogenated alkanes) is 11. The Labute approximate surface area is 280 Å². The summed E-state index contributed by atoms with van der Waals surface area (Å²) < 4.78 is 19.8. The van der Waals surface area contributed by atoms with E-state index in [-0.39, 0.29) is 22.9 Å². The molecule has 0 bridgehead atoms. The van der Waals surface area contributed by atoms with E-state index >= 15 is 0 Å². The average Bonchev–Trinajstić information content (AvgIpc) is 3.42. The van der Waals surface area contributed by atoms with Gasteiger partial charge < -0.3 is 36.1 Å². The third-order valence-electron chi connectivity index (χ3n) is 7.79. The number of aromatic nitrogens is 1. The first kappa shape index (κ1) is 37.6. The van der Waals surface area contributed by atoms with Gasteiger partial charge >= 0.3 is 0 Å². The van der Waals surface area contributed by atoms with E-state index in [2.05, 4.69) is 42.3 Å². The van der Waals surface area contributed by atoms with Gasteiger partial charge in [-0.3, -0.25) is 4.79 Å². The number of thiazole rings is 1. The van der Waals surface area contributed by atoms with Gasteiger partial charge in [0.2, 0.25) is 17.2 Å². The van der Waals surface area contributed by atoms with Gasteiger partial charge in [0.1, 0.15) is 0 Å². The fraction of sp³-hybridized carbons (Fsp3) is 0.556. The molecule has 0 N–H and O–H groups in total. The second-order valence-electron chi connectivity index (χ2n) is 11.5. The van der Waals surface area contributed by atoms with Crippen LogP contribution in [0.4, 0.5) is 5.69 Å². The number of nitrogens with zero attached hydrogens (tertiary/aromatic N) is 2. The summed E-state index contributed by atoms with van der Waals surface area (Å²) in [6, 6.07) is 12.1. The number of anilines is 1. The minimum absolute atomic E-state index is 0. The van der Waals surface area contributed by atoms with E-state index in [1.54, 1.807) is 37.4 Å². The summed E-state index contributed by atoms with van der Waals surface area (Å²) in [5, 5.41) is 0. The van der Waals surface area contributed by atoms with Crippen molar-refractivity contribution in [2.45, 2.75) is 111 Å². The van der Waals surface area contributed by atoms with Crippen LogP contribution in [0.2, 0.25) is 0 Å². The van der Waals surface area contributed by atoms with Crippen LogP contribution < -0.4 is 40.7 Å². The molecule has 3 rings (SSSR count). The number of hydrogen-bond donors (Lipinski definition) is 0. The van der Waals surface area contributed by atoms with Crippen LogP contribution in [0, 0.1) is 6.92 Å². The van der Waals surface area contributed by atoms with Crippen LogP contribution >= 0.6 is 11.3 Å². The number of carbonyl (C=O) groups is 1. The summed E-state index contributed by atoms with van der Waals surface area (Å²) >= 11 is 1.73. The van der Waals surface area contributed by atoms with Crippen molar-refractivity contribution in [1.82, 2.24) is 0 Å². The van der Waals surface area contributed by atoms with Crippen molar-refractivity contribution in [3.63, 3.8) is 0 Å². The predicted molar refractivity (Wildman–Crippen MR) is 178 cm³/mol. The van der Waals surface area contributed by atoms with E-state index in [1.807, 2.05) is 24.3 Å². The highest BCUT2D eigenvalue weighted by molar-refractivity contribution is 7.09. The smallest absolute Gasteiger partial charge is 0.225 e. The van der Waals surface area contributed by atoms with Crippen LogP contribution in [0.1, 0.15) is 107 Å². The molecule has 0 fully saturated rings. The van der Waals surface area contributed by atoms with Gasteiger partial charge in [0.25, 0.3) is 0 Å². The van der Waals surface area contributed by atoms with Crippen molar-refractivity contribution in [2.24, 2.45) is 0 Å². The molecule has 3 aromatic rings. The van der Waals surface area contributed by atoms with Gasteiger partial charge in [-0.1, -0.05) is 101 Å². The number of methoxy groups -OCH3 is 2. The highest BCUT2D eigenvalue weighted by Crippen LogP contribution is 2.39. The SMILES string of the molecule is CCCCCCCCCCCCCCOc1c(OC)cc(CN(C(C)=O)c2cccc(C[n+]3csc(C)c3)c2)cc1OC.[Br-]. The molecule has 0 aliphatic heterocycles. The fourth-order valence-corrected chi connectivity index (χ4v) is 6.05. The number of halogens is 1. The summed E-state index contributed by atoms with van der Waals surface area (Å²) in [5.74, 6) is 1.84. The minimum atomic E-state index is -0.0265. The molecule has 0 radical (unpaired) electrons. The first-order valence-corrected chi connectivity index (χ1v) is 17.0. The molecule has 244 valence electrons. The van der Waals surface area contributed by atoms with Crippen molar-refractivity contribution in [1.29, 1.82) is 0 Å². The van der Waals surface area contributed by atoms with Crippen molar-refractivity contribution < 1.29 is 40.6 Å². The molecule has 6 nitrogen and oxygen atoms in total. The van der Waals surface area contributed by atoms with E-state index in [9.17, 15) is 4.79 Å². The zero-order chi connectivity index (χ0) is 30.9. The lowest BCUT2D eigenvalue weighted by Gasteiger charge is -2.23. The predicted octanol–water partition coefficient (Wildman–Crippen LogP) is 6.05. The normalized spacial score (nSPS) is 10.8. The molecular weight excluding hydrogens is 636 g/mol. The molecule has 8 heteroatoms. The highest BCUT2D eigenvalue weighted by Gasteiger charge is 2.19. The standard InChI is InChI=1S/C36H53N2O4S.BrH/c1-6-7-8-9-10-11-12-13-14-15-16-17-21-42-36-34(40-4)23-32(24-35(36)41-5)27-38(30(3)39)33-20-18-19-31(22-33)26-37-25-29(2)43-28-37;/h18-20,22-25,28H,6-17,21,26-27H2,1-5H3;1H/q+1;/p-1. The van der Waals surface area contributed by atoms with Gasteiger partial charge in [-0.2, -0.15) is 4.57 Å². The van der Waals surface area contributed by atoms with Gasteiger partial charge in [-0.05, 0) is 43.2 Å². The van der Waals surface area contributed by atoms with Crippen LogP contribution in [0.15, 0.2) is 48.1 Å². The fourth-order valence-electron chi connectivity index (χ4n) is 5.41. The molecule has 0 saturated carbocycles. The highest BCUT2D eigenvalue weighted by atomic mass is 79.9. The zero-order valence-electron chi connectivity index (χ0n) is 27.5. The Kier molecular flexibility index (Phi) is 18.1. The number of hydrogen-bond acceptors (Lipinski definition) is 5. The first-order chi connectivity index (χ1) is 20.9. The molecule has 1 heterocycles. The second kappa shape index (κ2) is 21.2. The van der Waals surface area contributed by atoms with E-state index in [0.717, 1.165) is 36.2 Å². The van der Waals surface area contributed by atoms with Gasteiger partial charge in [-0.25, -0.2) is 0 Å². The van der Waals surface area contributed by atoms with Crippen molar-refractivity contribution in [3.8, 4) is 17.2 Å². The van der Waals surface area contributed by atoms with Crippen molar-refractivity contribution in [2.75, 3.05) is 25.7 Å². The molecule has 0 saturated heterocycles. The number of aryl methyl sites for hydroxylation is 1. The molecule has 2 aromatic carbocycles. The Balaban J connectivity index is 0.00000675. The molecule has 44 heavy (non-hydrogen) atoms. The topological polar surface area (TPSA) is 51.9 Å². The van der Waals surface area contributed by atoms with Crippen LogP contribution in [-0.2, 0) is 17.9 Å². The number of ether oxygens (including phenoxy) is 3. The summed E-state index contributed by atoms with van der Waals surface area (Å²) in [4.78, 5) is 15.8. The number of rotatable bonds is 21.